The van der Waals surface area contributed by atoms with Crippen LogP contribution in [0.1, 0.15) is 81.7 Å². The van der Waals surface area contributed by atoms with Crippen LogP contribution in [0.5, 0.6) is 5.75 Å². The second-order valence-corrected chi connectivity index (χ2v) is 11.6. The Labute approximate surface area is 199 Å². The molecule has 0 aliphatic carbocycles. The Morgan fingerprint density at radius 3 is 2.00 bits per heavy atom. The van der Waals surface area contributed by atoms with Crippen LogP contribution in [0, 0.1) is 13.8 Å². The average molecular weight is 483 g/mol. The van der Waals surface area contributed by atoms with Gasteiger partial charge in [-0.1, -0.05) is 85.0 Å². The van der Waals surface area contributed by atoms with E-state index in [9.17, 15) is 13.2 Å². The quantitative estimate of drug-likeness (QED) is 0.266. The van der Waals surface area contributed by atoms with E-state index in [-0.39, 0.29) is 20.8 Å². The highest BCUT2D eigenvalue weighted by molar-refractivity contribution is 7.48. The predicted octanol–water partition coefficient (Wildman–Crippen LogP) is 8.01. The van der Waals surface area contributed by atoms with Crippen LogP contribution in [0.15, 0.2) is 30.3 Å². The van der Waals surface area contributed by atoms with Crippen LogP contribution in [0.2, 0.25) is 0 Å². The smallest absolute Gasteiger partial charge is 0.417 e. The molecule has 0 N–H and O–H groups in total. The lowest BCUT2D eigenvalue weighted by molar-refractivity contribution is -0.136. The first-order chi connectivity index (χ1) is 15.3. The van der Waals surface area contributed by atoms with Crippen LogP contribution in [-0.4, -0.2) is 13.9 Å². The zero-order valence-electron chi connectivity index (χ0n) is 21.2. The molecule has 33 heavy (non-hydrogen) atoms. The number of aryl methyl sites for hydroxylation is 2. The number of alkyl halides is 3. The summed E-state index contributed by atoms with van der Waals surface area (Å²) in [7, 11) is 1.53. The van der Waals surface area contributed by atoms with E-state index < -0.39 is 16.9 Å². The van der Waals surface area contributed by atoms with Crippen molar-refractivity contribution >= 4 is 13.9 Å². The summed E-state index contributed by atoms with van der Waals surface area (Å²) in [6, 6.07) is 8.94. The average Bonchev–Trinajstić information content (AvgIpc) is 2.71. The first kappa shape index (κ1) is 27.7. The van der Waals surface area contributed by atoms with Gasteiger partial charge in [-0.3, -0.25) is 0 Å². The van der Waals surface area contributed by atoms with Gasteiger partial charge in [0.25, 0.3) is 0 Å². The molecular weight excluding hydrogens is 444 g/mol. The van der Waals surface area contributed by atoms with Gasteiger partial charge in [0, 0.05) is 23.4 Å². The second-order valence-electron chi connectivity index (χ2n) is 9.85. The van der Waals surface area contributed by atoms with Crippen molar-refractivity contribution in [2.75, 3.05) is 13.9 Å². The van der Waals surface area contributed by atoms with Gasteiger partial charge in [0.1, 0.15) is 5.75 Å². The van der Waals surface area contributed by atoms with Gasteiger partial charge in [0.2, 0.25) is 0 Å². The molecule has 2 nitrogen and oxygen atoms in total. The maximum atomic E-state index is 14.0. The number of halogens is 3. The van der Waals surface area contributed by atoms with Crippen LogP contribution in [0.3, 0.4) is 0 Å². The van der Waals surface area contributed by atoms with Gasteiger partial charge >= 0.3 is 6.18 Å². The lowest BCUT2D eigenvalue weighted by atomic mass is 9.80. The van der Waals surface area contributed by atoms with E-state index in [1.165, 1.54) is 6.07 Å². The Morgan fingerprint density at radius 1 is 0.879 bits per heavy atom. The van der Waals surface area contributed by atoms with Crippen molar-refractivity contribution in [3.63, 3.8) is 0 Å². The summed E-state index contributed by atoms with van der Waals surface area (Å²) >= 11 is 0. The molecule has 0 bridgehead atoms. The molecule has 2 rings (SSSR count). The van der Waals surface area contributed by atoms with Crippen LogP contribution >= 0.6 is 8.58 Å². The Kier molecular flexibility index (Phi) is 9.04. The summed E-state index contributed by atoms with van der Waals surface area (Å²) in [5.74, 6) is 0.749. The van der Waals surface area contributed by atoms with E-state index in [2.05, 4.69) is 46.8 Å². The molecular formula is C27H38F3O2P. The van der Waals surface area contributed by atoms with Crippen molar-refractivity contribution in [2.45, 2.75) is 84.5 Å². The largest absolute Gasteiger partial charge is 0.467 e. The molecule has 0 fully saturated rings. The molecule has 0 saturated carbocycles. The van der Waals surface area contributed by atoms with E-state index >= 15 is 0 Å². The fourth-order valence-corrected chi connectivity index (χ4v) is 6.27. The molecule has 0 spiro atoms. The maximum Gasteiger partial charge on any atom is 0.417 e. The number of benzene rings is 2. The van der Waals surface area contributed by atoms with Crippen molar-refractivity contribution in [1.82, 2.24) is 0 Å². The fourth-order valence-electron chi connectivity index (χ4n) is 4.37. The molecule has 0 heterocycles. The van der Waals surface area contributed by atoms with Crippen LogP contribution in [-0.2, 0) is 21.5 Å². The molecule has 2 unspecified atom stereocenters. The van der Waals surface area contributed by atoms with E-state index in [0.717, 1.165) is 35.3 Å². The third-order valence-electron chi connectivity index (χ3n) is 6.01. The molecule has 2 aromatic rings. The number of hydrogen-bond donors (Lipinski definition) is 0. The van der Waals surface area contributed by atoms with Crippen LogP contribution in [0.25, 0.3) is 0 Å². The summed E-state index contributed by atoms with van der Waals surface area (Å²) < 4.78 is 53.4. The highest BCUT2D eigenvalue weighted by atomic mass is 31.1. The minimum atomic E-state index is -4.39. The Hall–Kier alpha value is -1.58. The van der Waals surface area contributed by atoms with Crippen molar-refractivity contribution in [3.8, 4) is 5.75 Å². The number of hydrogen-bond acceptors (Lipinski definition) is 2. The summed E-state index contributed by atoms with van der Waals surface area (Å²) in [6.45, 7) is 14.4. The van der Waals surface area contributed by atoms with Gasteiger partial charge < -0.3 is 9.47 Å². The van der Waals surface area contributed by atoms with Crippen molar-refractivity contribution in [1.29, 1.82) is 0 Å². The highest BCUT2D eigenvalue weighted by Gasteiger charge is 2.39. The predicted molar refractivity (Wildman–Crippen MR) is 133 cm³/mol. The summed E-state index contributed by atoms with van der Waals surface area (Å²) in [5.41, 5.74) is 3.01. The first-order valence-corrected chi connectivity index (χ1v) is 12.5. The summed E-state index contributed by atoms with van der Waals surface area (Å²) in [6.07, 6.45) is -2.06. The van der Waals surface area contributed by atoms with Gasteiger partial charge in [-0.15, -0.1) is 0 Å². The van der Waals surface area contributed by atoms with Crippen molar-refractivity contribution in [3.05, 3.63) is 58.1 Å². The van der Waals surface area contributed by atoms with E-state index in [0.29, 0.717) is 17.3 Å². The third-order valence-corrected chi connectivity index (χ3v) is 8.07. The molecule has 0 saturated heterocycles. The van der Waals surface area contributed by atoms with Gasteiger partial charge in [0.05, 0.1) is 5.56 Å². The normalized spacial score (nSPS) is 14.6. The molecule has 184 valence electrons. The molecule has 0 aromatic heterocycles. The topological polar surface area (TPSA) is 18.5 Å². The Balaban J connectivity index is 2.82. The fraction of sp³-hybridized carbons (Fsp3) is 0.556. The van der Waals surface area contributed by atoms with Crippen LogP contribution in [0.4, 0.5) is 13.2 Å². The summed E-state index contributed by atoms with van der Waals surface area (Å²) in [4.78, 5) is 0. The van der Waals surface area contributed by atoms with Crippen molar-refractivity contribution < 1.29 is 22.6 Å². The number of rotatable bonds is 9. The monoisotopic (exact) mass is 482 g/mol. The molecule has 0 radical (unpaired) electrons. The second kappa shape index (κ2) is 10.8. The molecule has 2 atom stereocenters. The molecule has 0 aliphatic rings. The summed E-state index contributed by atoms with van der Waals surface area (Å²) in [5, 5.41) is -0.112. The maximum absolute atomic E-state index is 14.0. The molecule has 6 heteroatoms. The standard InChI is InChI=1S/C27H38F3O2P/c1-9-13-26(10-2,33-23-12-11-18(3)14-20(23)27(28,29)30)22-16-19(4)15-21(25(5,6)7)24(22)32-17-31-8/h11-12,14-16,33H,9-10,13,17H2,1-8H3. The number of ether oxygens (including phenoxy) is 2. The third kappa shape index (κ3) is 6.51. The first-order valence-electron chi connectivity index (χ1n) is 11.5. The lowest BCUT2D eigenvalue weighted by Gasteiger charge is -2.38. The van der Waals surface area contributed by atoms with E-state index in [4.69, 9.17) is 9.47 Å². The van der Waals surface area contributed by atoms with Crippen molar-refractivity contribution in [2.24, 2.45) is 0 Å². The Bertz CT molecular complexity index is 948. The highest BCUT2D eigenvalue weighted by Crippen LogP contribution is 2.54. The van der Waals surface area contributed by atoms with Gasteiger partial charge in [0.15, 0.2) is 6.79 Å². The number of methoxy groups -OCH3 is 1. The van der Waals surface area contributed by atoms with Gasteiger partial charge in [-0.05, 0) is 43.5 Å². The SMILES string of the molecule is CCCC(CC)(Pc1ccc(C)cc1C(F)(F)F)c1cc(C)cc(C(C)(C)C)c1OCOC. The molecule has 0 aliphatic heterocycles. The lowest BCUT2D eigenvalue weighted by Crippen LogP contribution is -2.28. The van der Waals surface area contributed by atoms with Crippen LogP contribution < -0.4 is 10.0 Å². The molecule has 0 amide bonds. The van der Waals surface area contributed by atoms with Gasteiger partial charge in [-0.25, -0.2) is 0 Å². The minimum absolute atomic E-state index is 0.0443. The Morgan fingerprint density at radius 2 is 1.48 bits per heavy atom. The van der Waals surface area contributed by atoms with E-state index in [1.54, 1.807) is 26.2 Å². The zero-order valence-corrected chi connectivity index (χ0v) is 22.2. The zero-order chi connectivity index (χ0) is 25.0. The van der Waals surface area contributed by atoms with E-state index in [1.807, 2.05) is 6.92 Å². The van der Waals surface area contributed by atoms with Gasteiger partial charge in [-0.2, -0.15) is 13.2 Å². The molecule has 2 aromatic carbocycles. The minimum Gasteiger partial charge on any atom is -0.467 e.